The maximum atomic E-state index is 3.85. The van der Waals surface area contributed by atoms with Gasteiger partial charge in [-0.2, -0.15) is 0 Å². The van der Waals surface area contributed by atoms with Crippen molar-refractivity contribution in [1.29, 1.82) is 0 Å². The zero-order valence-corrected chi connectivity index (χ0v) is 14.3. The zero-order chi connectivity index (χ0) is 14.8. The summed E-state index contributed by atoms with van der Waals surface area (Å²) < 4.78 is 0. The number of hydrogen-bond donors (Lipinski definition) is 1. The molecule has 0 radical (unpaired) electrons. The molecule has 1 saturated heterocycles. The molecule has 1 rings (SSSR count). The van der Waals surface area contributed by atoms with Gasteiger partial charge in [-0.3, -0.25) is 0 Å². The lowest BCUT2D eigenvalue weighted by Crippen LogP contribution is -2.45. The molecule has 0 amide bonds. The summed E-state index contributed by atoms with van der Waals surface area (Å²) in [5.41, 5.74) is 0. The molecule has 1 heterocycles. The van der Waals surface area contributed by atoms with Crippen LogP contribution < -0.4 is 5.32 Å². The van der Waals surface area contributed by atoms with E-state index in [0.29, 0.717) is 6.04 Å². The van der Waals surface area contributed by atoms with E-state index in [9.17, 15) is 0 Å². The molecule has 1 aliphatic heterocycles. The third kappa shape index (κ3) is 7.05. The lowest BCUT2D eigenvalue weighted by molar-refractivity contribution is 0.190. The Morgan fingerprint density at radius 3 is 2.35 bits per heavy atom. The Hall–Kier alpha value is -0.120. The minimum absolute atomic E-state index is 0.674. The molecule has 0 aromatic carbocycles. The first-order chi connectivity index (χ1) is 9.69. The van der Waals surface area contributed by atoms with Crippen molar-refractivity contribution in [2.45, 2.75) is 71.9 Å². The van der Waals surface area contributed by atoms with Gasteiger partial charge in [-0.1, -0.05) is 20.8 Å². The Balaban J connectivity index is 2.09. The molecule has 1 aliphatic rings. The van der Waals surface area contributed by atoms with Gasteiger partial charge in [0.2, 0.25) is 0 Å². The van der Waals surface area contributed by atoms with Crippen LogP contribution in [0.25, 0.3) is 0 Å². The highest BCUT2D eigenvalue weighted by atomic mass is 15.1. The predicted molar refractivity (Wildman–Crippen MR) is 89.4 cm³/mol. The Labute approximate surface area is 127 Å². The average Bonchev–Trinajstić information content (AvgIpc) is 2.46. The van der Waals surface area contributed by atoms with Crippen molar-refractivity contribution in [2.24, 2.45) is 0 Å². The Bertz CT molecular complexity index is 220. The molecule has 20 heavy (non-hydrogen) atoms. The third-order valence-electron chi connectivity index (χ3n) is 4.65. The van der Waals surface area contributed by atoms with E-state index in [0.717, 1.165) is 6.04 Å². The number of hydrogen-bond acceptors (Lipinski definition) is 3. The van der Waals surface area contributed by atoms with Gasteiger partial charge in [0.05, 0.1) is 0 Å². The molecule has 0 bridgehead atoms. The molecule has 1 unspecified atom stereocenters. The van der Waals surface area contributed by atoms with Gasteiger partial charge < -0.3 is 15.1 Å². The molecule has 0 spiro atoms. The van der Waals surface area contributed by atoms with Gasteiger partial charge in [0.25, 0.3) is 0 Å². The smallest absolute Gasteiger partial charge is 0.00938 e. The first-order valence-corrected chi connectivity index (χ1v) is 8.90. The van der Waals surface area contributed by atoms with Crippen molar-refractivity contribution in [1.82, 2.24) is 15.1 Å². The van der Waals surface area contributed by atoms with Crippen LogP contribution in [0, 0.1) is 0 Å². The van der Waals surface area contributed by atoms with Crippen LogP contribution in [0.5, 0.6) is 0 Å². The third-order valence-corrected chi connectivity index (χ3v) is 4.65. The number of nitrogens with one attached hydrogen (secondary N) is 1. The van der Waals surface area contributed by atoms with E-state index in [2.05, 4.69) is 42.8 Å². The van der Waals surface area contributed by atoms with Gasteiger partial charge in [0.1, 0.15) is 0 Å². The summed E-state index contributed by atoms with van der Waals surface area (Å²) in [6.45, 7) is 16.7. The molecule has 0 saturated carbocycles. The van der Waals surface area contributed by atoms with Crippen molar-refractivity contribution in [2.75, 3.05) is 39.3 Å². The average molecular weight is 284 g/mol. The van der Waals surface area contributed by atoms with Crippen molar-refractivity contribution in [3.63, 3.8) is 0 Å². The van der Waals surface area contributed by atoms with E-state index in [-0.39, 0.29) is 0 Å². The summed E-state index contributed by atoms with van der Waals surface area (Å²) in [6.07, 6.45) is 6.59. The molecule has 3 nitrogen and oxygen atoms in total. The standard InChI is InChI=1S/C17H37N3/c1-5-12-20-14-10-17(11-15-20)18-16(4)9-8-13-19(6-2)7-3/h16-18H,5-15H2,1-4H3. The van der Waals surface area contributed by atoms with Crippen molar-refractivity contribution < 1.29 is 0 Å². The number of nitrogens with zero attached hydrogens (tertiary/aromatic N) is 2. The number of piperidine rings is 1. The molecule has 1 atom stereocenters. The van der Waals surface area contributed by atoms with E-state index in [1.807, 2.05) is 0 Å². The predicted octanol–water partition coefficient (Wildman–Crippen LogP) is 2.96. The number of rotatable bonds is 10. The fourth-order valence-electron chi connectivity index (χ4n) is 3.29. The van der Waals surface area contributed by atoms with Crippen LogP contribution in [-0.4, -0.2) is 61.2 Å². The maximum Gasteiger partial charge on any atom is 0.00938 e. The Morgan fingerprint density at radius 2 is 1.80 bits per heavy atom. The maximum absolute atomic E-state index is 3.85. The first-order valence-electron chi connectivity index (χ1n) is 8.90. The normalized spacial score (nSPS) is 19.6. The monoisotopic (exact) mass is 283 g/mol. The molecule has 0 aromatic rings. The second-order valence-electron chi connectivity index (χ2n) is 6.35. The largest absolute Gasteiger partial charge is 0.311 e. The van der Waals surface area contributed by atoms with Crippen LogP contribution in [-0.2, 0) is 0 Å². The molecule has 3 heteroatoms. The zero-order valence-electron chi connectivity index (χ0n) is 14.3. The van der Waals surface area contributed by atoms with Crippen LogP contribution in [0.3, 0.4) is 0 Å². The van der Waals surface area contributed by atoms with Gasteiger partial charge in [0, 0.05) is 12.1 Å². The summed E-state index contributed by atoms with van der Waals surface area (Å²) in [4.78, 5) is 5.14. The highest BCUT2D eigenvalue weighted by molar-refractivity contribution is 4.79. The van der Waals surface area contributed by atoms with E-state index in [1.54, 1.807) is 0 Å². The first kappa shape index (κ1) is 17.9. The van der Waals surface area contributed by atoms with Gasteiger partial charge in [-0.15, -0.1) is 0 Å². The highest BCUT2D eigenvalue weighted by Crippen LogP contribution is 2.12. The molecular formula is C17H37N3. The summed E-state index contributed by atoms with van der Waals surface area (Å²) >= 11 is 0. The van der Waals surface area contributed by atoms with Crippen LogP contribution in [0.15, 0.2) is 0 Å². The minimum Gasteiger partial charge on any atom is -0.311 e. The van der Waals surface area contributed by atoms with E-state index in [4.69, 9.17) is 0 Å². The summed E-state index contributed by atoms with van der Waals surface area (Å²) in [7, 11) is 0. The quantitative estimate of drug-likeness (QED) is 0.665. The molecule has 1 N–H and O–H groups in total. The van der Waals surface area contributed by atoms with Crippen molar-refractivity contribution >= 4 is 0 Å². The van der Waals surface area contributed by atoms with Crippen LogP contribution in [0.1, 0.15) is 59.8 Å². The fraction of sp³-hybridized carbons (Fsp3) is 1.00. The molecular weight excluding hydrogens is 246 g/mol. The van der Waals surface area contributed by atoms with Gasteiger partial charge in [-0.25, -0.2) is 0 Å². The Kier molecular flexibility index (Phi) is 9.49. The fourth-order valence-corrected chi connectivity index (χ4v) is 3.29. The summed E-state index contributed by atoms with van der Waals surface area (Å²) in [5.74, 6) is 0. The van der Waals surface area contributed by atoms with Gasteiger partial charge in [0.15, 0.2) is 0 Å². The van der Waals surface area contributed by atoms with Crippen LogP contribution >= 0.6 is 0 Å². The second kappa shape index (κ2) is 10.6. The molecule has 0 aromatic heterocycles. The molecule has 0 aliphatic carbocycles. The summed E-state index contributed by atoms with van der Waals surface area (Å²) in [6, 6.07) is 1.43. The highest BCUT2D eigenvalue weighted by Gasteiger charge is 2.19. The SMILES string of the molecule is CCCN1CCC(NC(C)CCCN(CC)CC)CC1. The van der Waals surface area contributed by atoms with Crippen molar-refractivity contribution in [3.8, 4) is 0 Å². The van der Waals surface area contributed by atoms with Gasteiger partial charge in [-0.05, 0) is 78.3 Å². The Morgan fingerprint density at radius 1 is 1.15 bits per heavy atom. The van der Waals surface area contributed by atoms with Crippen LogP contribution in [0.2, 0.25) is 0 Å². The van der Waals surface area contributed by atoms with Gasteiger partial charge >= 0.3 is 0 Å². The van der Waals surface area contributed by atoms with E-state index in [1.165, 1.54) is 71.4 Å². The minimum atomic E-state index is 0.674. The van der Waals surface area contributed by atoms with E-state index >= 15 is 0 Å². The lowest BCUT2D eigenvalue weighted by atomic mass is 10.0. The van der Waals surface area contributed by atoms with E-state index < -0.39 is 0 Å². The lowest BCUT2D eigenvalue weighted by Gasteiger charge is -2.34. The number of likely N-dealkylation sites (tertiary alicyclic amines) is 1. The summed E-state index contributed by atoms with van der Waals surface area (Å²) in [5, 5.41) is 3.85. The molecule has 120 valence electrons. The van der Waals surface area contributed by atoms with Crippen molar-refractivity contribution in [3.05, 3.63) is 0 Å². The topological polar surface area (TPSA) is 18.5 Å². The van der Waals surface area contributed by atoms with Crippen LogP contribution in [0.4, 0.5) is 0 Å². The molecule has 1 fully saturated rings. The second-order valence-corrected chi connectivity index (χ2v) is 6.35.